The van der Waals surface area contributed by atoms with E-state index in [1.165, 1.54) is 44.9 Å². The van der Waals surface area contributed by atoms with Gasteiger partial charge >= 0.3 is 0 Å². The summed E-state index contributed by atoms with van der Waals surface area (Å²) in [5, 5.41) is 0. The number of methoxy groups -OCH3 is 2. The summed E-state index contributed by atoms with van der Waals surface area (Å²) in [4.78, 5) is 0. The summed E-state index contributed by atoms with van der Waals surface area (Å²) < 4.78 is 21.4. The van der Waals surface area contributed by atoms with Crippen molar-refractivity contribution in [3.8, 4) is 0 Å². The maximum atomic E-state index is 5.82. The molecule has 0 rings (SSSR count). The minimum absolute atomic E-state index is 0.0383. The first-order chi connectivity index (χ1) is 10.3. The van der Waals surface area contributed by atoms with Crippen LogP contribution in [0, 0.1) is 0 Å². The molecule has 0 heterocycles. The first-order valence-corrected chi connectivity index (χ1v) is 8.52. The van der Waals surface area contributed by atoms with E-state index in [2.05, 4.69) is 6.92 Å². The highest BCUT2D eigenvalue weighted by Crippen LogP contribution is 2.08. The summed E-state index contributed by atoms with van der Waals surface area (Å²) in [7, 11) is 3.37. The van der Waals surface area contributed by atoms with E-state index >= 15 is 0 Å². The molecule has 0 aliphatic carbocycles. The van der Waals surface area contributed by atoms with Crippen LogP contribution in [0.3, 0.4) is 0 Å². The number of unbranched alkanes of at least 4 members (excludes halogenated alkanes) is 7. The molecule has 0 radical (unpaired) electrons. The van der Waals surface area contributed by atoms with Crippen LogP contribution in [0.1, 0.15) is 58.3 Å². The van der Waals surface area contributed by atoms with Crippen LogP contribution in [0.4, 0.5) is 0 Å². The Morgan fingerprint density at radius 3 is 1.95 bits per heavy atom. The first-order valence-electron chi connectivity index (χ1n) is 8.52. The lowest BCUT2D eigenvalue weighted by molar-refractivity contribution is -0.0581. The minimum atomic E-state index is 0.0383. The third-order valence-corrected chi connectivity index (χ3v) is 3.44. The predicted octanol–water partition coefficient (Wildman–Crippen LogP) is 3.82. The summed E-state index contributed by atoms with van der Waals surface area (Å²) in [6.07, 6.45) is 10.6. The second kappa shape index (κ2) is 17.9. The molecular weight excluding hydrogens is 268 g/mol. The van der Waals surface area contributed by atoms with E-state index in [9.17, 15) is 0 Å². The Kier molecular flexibility index (Phi) is 17.8. The molecule has 0 N–H and O–H groups in total. The molecule has 0 spiro atoms. The quantitative estimate of drug-likeness (QED) is 0.383. The Morgan fingerprint density at radius 2 is 1.33 bits per heavy atom. The van der Waals surface area contributed by atoms with E-state index in [1.807, 2.05) is 0 Å². The van der Waals surface area contributed by atoms with Gasteiger partial charge in [0, 0.05) is 20.8 Å². The Labute approximate surface area is 131 Å². The lowest BCUT2D eigenvalue weighted by Gasteiger charge is -2.17. The van der Waals surface area contributed by atoms with E-state index < -0.39 is 0 Å². The molecule has 0 aromatic carbocycles. The van der Waals surface area contributed by atoms with Crippen molar-refractivity contribution >= 4 is 0 Å². The van der Waals surface area contributed by atoms with Gasteiger partial charge in [0.15, 0.2) is 0 Å². The van der Waals surface area contributed by atoms with Crippen molar-refractivity contribution in [2.45, 2.75) is 64.4 Å². The largest absolute Gasteiger partial charge is 0.382 e. The highest BCUT2D eigenvalue weighted by atomic mass is 16.6. The molecule has 0 bridgehead atoms. The van der Waals surface area contributed by atoms with Crippen molar-refractivity contribution in [3.05, 3.63) is 0 Å². The maximum absolute atomic E-state index is 5.82. The molecule has 21 heavy (non-hydrogen) atoms. The number of ether oxygens (including phenoxy) is 4. The molecule has 0 aliphatic heterocycles. The van der Waals surface area contributed by atoms with Gasteiger partial charge in [-0.05, 0) is 6.42 Å². The molecule has 0 aliphatic rings. The van der Waals surface area contributed by atoms with E-state index in [4.69, 9.17) is 18.9 Å². The van der Waals surface area contributed by atoms with Crippen LogP contribution < -0.4 is 0 Å². The van der Waals surface area contributed by atoms with Crippen molar-refractivity contribution in [1.29, 1.82) is 0 Å². The molecule has 4 heteroatoms. The van der Waals surface area contributed by atoms with Crippen LogP contribution in [0.2, 0.25) is 0 Å². The molecule has 128 valence electrons. The molecule has 0 amide bonds. The number of hydrogen-bond donors (Lipinski definition) is 0. The molecule has 0 fully saturated rings. The third-order valence-electron chi connectivity index (χ3n) is 3.44. The van der Waals surface area contributed by atoms with Gasteiger partial charge in [0.1, 0.15) is 6.10 Å². The molecule has 0 saturated heterocycles. The van der Waals surface area contributed by atoms with E-state index in [0.717, 1.165) is 13.0 Å². The first kappa shape index (κ1) is 20.8. The third kappa shape index (κ3) is 16.0. The summed E-state index contributed by atoms with van der Waals surface area (Å²) in [5.74, 6) is 0. The summed E-state index contributed by atoms with van der Waals surface area (Å²) in [6.45, 7) is 5.46. The van der Waals surface area contributed by atoms with Crippen LogP contribution in [-0.2, 0) is 18.9 Å². The Hall–Kier alpha value is -0.160. The van der Waals surface area contributed by atoms with Gasteiger partial charge < -0.3 is 18.9 Å². The fourth-order valence-corrected chi connectivity index (χ4v) is 2.17. The topological polar surface area (TPSA) is 36.9 Å². The summed E-state index contributed by atoms with van der Waals surface area (Å²) in [6, 6.07) is 0. The summed E-state index contributed by atoms with van der Waals surface area (Å²) in [5.41, 5.74) is 0. The predicted molar refractivity (Wildman–Crippen MR) is 86.9 cm³/mol. The molecule has 4 nitrogen and oxygen atoms in total. The highest BCUT2D eigenvalue weighted by Gasteiger charge is 2.08. The molecule has 0 aromatic rings. The fraction of sp³-hybridized carbons (Fsp3) is 1.00. The zero-order valence-electron chi connectivity index (χ0n) is 14.4. The van der Waals surface area contributed by atoms with E-state index in [0.29, 0.717) is 26.4 Å². The van der Waals surface area contributed by atoms with Gasteiger partial charge in [-0.25, -0.2) is 0 Å². The lowest BCUT2D eigenvalue weighted by atomic mass is 10.1. The molecule has 0 saturated carbocycles. The van der Waals surface area contributed by atoms with Gasteiger partial charge in [-0.1, -0.05) is 51.9 Å². The normalized spacial score (nSPS) is 12.7. The monoisotopic (exact) mass is 304 g/mol. The molecule has 1 atom stereocenters. The van der Waals surface area contributed by atoms with Crippen molar-refractivity contribution in [2.75, 3.05) is 47.3 Å². The van der Waals surface area contributed by atoms with Gasteiger partial charge in [0.25, 0.3) is 0 Å². The van der Waals surface area contributed by atoms with Gasteiger partial charge in [-0.3, -0.25) is 0 Å². The zero-order valence-corrected chi connectivity index (χ0v) is 14.4. The second-order valence-electron chi connectivity index (χ2n) is 5.49. The highest BCUT2D eigenvalue weighted by molar-refractivity contribution is 4.55. The minimum Gasteiger partial charge on any atom is -0.382 e. The van der Waals surface area contributed by atoms with Crippen molar-refractivity contribution in [1.82, 2.24) is 0 Å². The van der Waals surface area contributed by atoms with Crippen LogP contribution in [0.5, 0.6) is 0 Å². The number of rotatable bonds is 17. The molecule has 1 unspecified atom stereocenters. The van der Waals surface area contributed by atoms with Gasteiger partial charge in [0.05, 0.1) is 26.4 Å². The Morgan fingerprint density at radius 1 is 0.667 bits per heavy atom. The maximum Gasteiger partial charge on any atom is 0.104 e. The van der Waals surface area contributed by atoms with Crippen LogP contribution in [-0.4, -0.2) is 53.4 Å². The zero-order chi connectivity index (χ0) is 15.6. The van der Waals surface area contributed by atoms with Crippen LogP contribution >= 0.6 is 0 Å². The SMILES string of the molecule is CCCCCCCCCCOC(COC)COCCOC. The van der Waals surface area contributed by atoms with Gasteiger partial charge in [0.2, 0.25) is 0 Å². The van der Waals surface area contributed by atoms with Gasteiger partial charge in [-0.15, -0.1) is 0 Å². The van der Waals surface area contributed by atoms with E-state index in [-0.39, 0.29) is 6.10 Å². The summed E-state index contributed by atoms with van der Waals surface area (Å²) >= 11 is 0. The lowest BCUT2D eigenvalue weighted by Crippen LogP contribution is -2.26. The average Bonchev–Trinajstić information content (AvgIpc) is 2.49. The average molecular weight is 304 g/mol. The van der Waals surface area contributed by atoms with Crippen molar-refractivity contribution < 1.29 is 18.9 Å². The fourth-order valence-electron chi connectivity index (χ4n) is 2.17. The van der Waals surface area contributed by atoms with Gasteiger partial charge in [-0.2, -0.15) is 0 Å². The van der Waals surface area contributed by atoms with Crippen LogP contribution in [0.15, 0.2) is 0 Å². The standard InChI is InChI=1S/C17H36O4/c1-4-5-6-7-8-9-10-11-12-21-17(15-19-3)16-20-14-13-18-2/h17H,4-16H2,1-3H3. The second-order valence-corrected chi connectivity index (χ2v) is 5.49. The Bertz CT molecular complexity index is 188. The van der Waals surface area contributed by atoms with Crippen LogP contribution in [0.25, 0.3) is 0 Å². The van der Waals surface area contributed by atoms with Crippen molar-refractivity contribution in [3.63, 3.8) is 0 Å². The molecule has 0 aromatic heterocycles. The smallest absolute Gasteiger partial charge is 0.104 e. The number of hydrogen-bond acceptors (Lipinski definition) is 4. The Balaban J connectivity index is 3.38. The van der Waals surface area contributed by atoms with E-state index in [1.54, 1.807) is 14.2 Å². The van der Waals surface area contributed by atoms with Crippen molar-refractivity contribution in [2.24, 2.45) is 0 Å². The molecular formula is C17H36O4.